The van der Waals surface area contributed by atoms with Crippen LogP contribution in [0, 0.1) is 0 Å². The smallest absolute Gasteiger partial charge is 0.220 e. The number of Topliss-reactive ketones (excluding diaryl/α,β-unsaturated/α-hetero) is 1. The van der Waals surface area contributed by atoms with E-state index in [4.69, 9.17) is 0 Å². The average molecular weight is 403 g/mol. The average Bonchev–Trinajstić information content (AvgIpc) is 2.61. The molecular weight excluding hydrogens is 380 g/mol. The van der Waals surface area contributed by atoms with Gasteiger partial charge in [-0.2, -0.15) is 0 Å². The first kappa shape index (κ1) is 19.3. The monoisotopic (exact) mass is 402 g/mol. The molecule has 0 aliphatic carbocycles. The van der Waals surface area contributed by atoms with Gasteiger partial charge in [-0.3, -0.25) is 9.59 Å². The van der Waals surface area contributed by atoms with Crippen molar-refractivity contribution in [3.63, 3.8) is 0 Å². The van der Waals surface area contributed by atoms with Crippen molar-refractivity contribution in [3.8, 4) is 0 Å². The highest BCUT2D eigenvalue weighted by Crippen LogP contribution is 2.17. The molecule has 0 fully saturated rings. The van der Waals surface area contributed by atoms with E-state index in [9.17, 15) is 9.59 Å². The van der Waals surface area contributed by atoms with E-state index in [1.165, 1.54) is 0 Å². The summed E-state index contributed by atoms with van der Waals surface area (Å²) in [6, 6.07) is 17.3. The molecule has 1 atom stereocenters. The van der Waals surface area contributed by atoms with Crippen molar-refractivity contribution in [1.82, 2.24) is 10.2 Å². The SMILES string of the molecule is CN(C)[C@@H](CNC(=O)CCC(=O)c1ccc(Br)cc1)c1ccccc1. The fraction of sp³-hybridized carbons (Fsp3) is 0.300. The largest absolute Gasteiger partial charge is 0.354 e. The van der Waals surface area contributed by atoms with Gasteiger partial charge in [-0.15, -0.1) is 0 Å². The Kier molecular flexibility index (Phi) is 7.34. The van der Waals surface area contributed by atoms with Crippen molar-refractivity contribution in [2.24, 2.45) is 0 Å². The number of halogens is 1. The van der Waals surface area contributed by atoms with Crippen molar-refractivity contribution in [3.05, 3.63) is 70.2 Å². The van der Waals surface area contributed by atoms with Gasteiger partial charge in [0.1, 0.15) is 0 Å². The fourth-order valence-electron chi connectivity index (χ4n) is 2.58. The Bertz CT molecular complexity index is 699. The number of nitrogens with zero attached hydrogens (tertiary/aromatic N) is 1. The fourth-order valence-corrected chi connectivity index (χ4v) is 2.84. The molecule has 0 saturated heterocycles. The van der Waals surface area contributed by atoms with E-state index < -0.39 is 0 Å². The van der Waals surface area contributed by atoms with Gasteiger partial charge < -0.3 is 10.2 Å². The molecule has 132 valence electrons. The van der Waals surface area contributed by atoms with Crippen LogP contribution < -0.4 is 5.32 Å². The minimum atomic E-state index is -0.103. The lowest BCUT2D eigenvalue weighted by Gasteiger charge is -2.25. The van der Waals surface area contributed by atoms with Gasteiger partial charge in [-0.25, -0.2) is 0 Å². The highest BCUT2D eigenvalue weighted by Gasteiger charge is 2.15. The molecule has 1 amide bonds. The minimum Gasteiger partial charge on any atom is -0.354 e. The minimum absolute atomic E-state index is 0.0186. The van der Waals surface area contributed by atoms with Crippen molar-refractivity contribution in [2.45, 2.75) is 18.9 Å². The quantitative estimate of drug-likeness (QED) is 0.682. The van der Waals surface area contributed by atoms with Crippen LogP contribution in [0.4, 0.5) is 0 Å². The first-order valence-electron chi connectivity index (χ1n) is 8.24. The normalized spacial score (nSPS) is 12.0. The van der Waals surface area contributed by atoms with E-state index in [-0.39, 0.29) is 30.6 Å². The lowest BCUT2D eigenvalue weighted by Crippen LogP contribution is -2.34. The van der Waals surface area contributed by atoms with Gasteiger partial charge >= 0.3 is 0 Å². The molecule has 2 aromatic carbocycles. The van der Waals surface area contributed by atoms with Crippen LogP contribution in [0.3, 0.4) is 0 Å². The molecule has 0 aromatic heterocycles. The highest BCUT2D eigenvalue weighted by molar-refractivity contribution is 9.10. The molecule has 0 heterocycles. The molecule has 0 radical (unpaired) electrons. The van der Waals surface area contributed by atoms with Crippen LogP contribution in [0.2, 0.25) is 0 Å². The standard InChI is InChI=1S/C20H23BrN2O2/c1-23(2)18(15-6-4-3-5-7-15)14-22-20(25)13-12-19(24)16-8-10-17(21)11-9-16/h3-11,18H,12-14H2,1-2H3,(H,22,25)/t18-/m0/s1. The number of rotatable bonds is 8. The summed E-state index contributed by atoms with van der Waals surface area (Å²) in [6.07, 6.45) is 0.412. The van der Waals surface area contributed by atoms with Crippen molar-refractivity contribution >= 4 is 27.6 Å². The summed E-state index contributed by atoms with van der Waals surface area (Å²) in [7, 11) is 3.97. The lowest BCUT2D eigenvalue weighted by molar-refractivity contribution is -0.121. The molecule has 0 unspecified atom stereocenters. The van der Waals surface area contributed by atoms with Crippen LogP contribution in [-0.2, 0) is 4.79 Å². The van der Waals surface area contributed by atoms with Gasteiger partial charge in [-0.1, -0.05) is 58.4 Å². The number of carbonyl (C=O) groups excluding carboxylic acids is 2. The zero-order chi connectivity index (χ0) is 18.2. The molecule has 0 spiro atoms. The number of hydrogen-bond donors (Lipinski definition) is 1. The van der Waals surface area contributed by atoms with Crippen molar-refractivity contribution < 1.29 is 9.59 Å². The van der Waals surface area contributed by atoms with E-state index in [0.29, 0.717) is 12.1 Å². The molecular formula is C20H23BrN2O2. The van der Waals surface area contributed by atoms with E-state index in [0.717, 1.165) is 10.0 Å². The second-order valence-corrected chi connectivity index (χ2v) is 7.04. The second-order valence-electron chi connectivity index (χ2n) is 6.12. The number of hydrogen-bond acceptors (Lipinski definition) is 3. The molecule has 0 aliphatic rings. The van der Waals surface area contributed by atoms with Crippen LogP contribution in [0.5, 0.6) is 0 Å². The van der Waals surface area contributed by atoms with Crippen LogP contribution in [-0.4, -0.2) is 37.2 Å². The van der Waals surface area contributed by atoms with Crippen LogP contribution in [0.1, 0.15) is 34.8 Å². The Balaban J connectivity index is 1.83. The van der Waals surface area contributed by atoms with Crippen molar-refractivity contribution in [1.29, 1.82) is 0 Å². The Morgan fingerprint density at radius 1 is 1.00 bits per heavy atom. The van der Waals surface area contributed by atoms with Crippen LogP contribution in [0.15, 0.2) is 59.1 Å². The van der Waals surface area contributed by atoms with E-state index in [2.05, 4.69) is 26.1 Å². The molecule has 25 heavy (non-hydrogen) atoms. The molecule has 0 saturated carbocycles. The van der Waals surface area contributed by atoms with Gasteiger partial charge in [0.15, 0.2) is 5.78 Å². The summed E-state index contributed by atoms with van der Waals surface area (Å²) in [5.41, 5.74) is 1.78. The predicted octanol–water partition coefficient (Wildman–Crippen LogP) is 3.83. The molecule has 2 aromatic rings. The maximum Gasteiger partial charge on any atom is 0.220 e. The number of benzene rings is 2. The summed E-state index contributed by atoms with van der Waals surface area (Å²) in [5.74, 6) is -0.122. The van der Waals surface area contributed by atoms with Gasteiger partial charge in [-0.05, 0) is 31.8 Å². The van der Waals surface area contributed by atoms with Gasteiger partial charge in [0, 0.05) is 29.4 Å². The third-order valence-corrected chi connectivity index (χ3v) is 4.57. The first-order valence-corrected chi connectivity index (χ1v) is 9.03. The molecule has 0 bridgehead atoms. The predicted molar refractivity (Wildman–Crippen MR) is 104 cm³/mol. The second kappa shape index (κ2) is 9.49. The Morgan fingerprint density at radius 2 is 1.64 bits per heavy atom. The van der Waals surface area contributed by atoms with Gasteiger partial charge in [0.05, 0.1) is 6.04 Å². The molecule has 4 nitrogen and oxygen atoms in total. The topological polar surface area (TPSA) is 49.4 Å². The van der Waals surface area contributed by atoms with Gasteiger partial charge in [0.2, 0.25) is 5.91 Å². The lowest BCUT2D eigenvalue weighted by atomic mass is 10.1. The summed E-state index contributed by atoms with van der Waals surface area (Å²) >= 11 is 3.34. The zero-order valence-electron chi connectivity index (χ0n) is 14.5. The third-order valence-electron chi connectivity index (χ3n) is 4.05. The molecule has 1 N–H and O–H groups in total. The maximum absolute atomic E-state index is 12.1. The first-order chi connectivity index (χ1) is 12.0. The Hall–Kier alpha value is -1.98. The summed E-state index contributed by atoms with van der Waals surface area (Å²) in [4.78, 5) is 26.3. The van der Waals surface area contributed by atoms with Crippen LogP contribution in [0.25, 0.3) is 0 Å². The molecule has 2 rings (SSSR count). The Morgan fingerprint density at radius 3 is 2.24 bits per heavy atom. The van der Waals surface area contributed by atoms with Crippen molar-refractivity contribution in [2.75, 3.05) is 20.6 Å². The summed E-state index contributed by atoms with van der Waals surface area (Å²) in [6.45, 7) is 0.516. The molecule has 5 heteroatoms. The molecule has 0 aliphatic heterocycles. The summed E-state index contributed by atoms with van der Waals surface area (Å²) in [5, 5.41) is 2.94. The zero-order valence-corrected chi connectivity index (χ0v) is 16.1. The number of amides is 1. The van der Waals surface area contributed by atoms with Crippen LogP contribution >= 0.6 is 15.9 Å². The highest BCUT2D eigenvalue weighted by atomic mass is 79.9. The number of nitrogens with one attached hydrogen (secondary N) is 1. The number of likely N-dealkylation sites (N-methyl/N-ethyl adjacent to an activating group) is 1. The van der Waals surface area contributed by atoms with E-state index >= 15 is 0 Å². The number of ketones is 1. The van der Waals surface area contributed by atoms with E-state index in [1.807, 2.05) is 56.6 Å². The van der Waals surface area contributed by atoms with E-state index in [1.54, 1.807) is 12.1 Å². The third kappa shape index (κ3) is 6.11. The van der Waals surface area contributed by atoms with Gasteiger partial charge in [0.25, 0.3) is 0 Å². The number of carbonyl (C=O) groups is 2. The Labute approximate surface area is 157 Å². The maximum atomic E-state index is 12.1. The summed E-state index contributed by atoms with van der Waals surface area (Å²) < 4.78 is 0.928.